The van der Waals surface area contributed by atoms with Crippen LogP contribution in [-0.4, -0.2) is 25.3 Å². The fourth-order valence-electron chi connectivity index (χ4n) is 2.16. The van der Waals surface area contributed by atoms with E-state index in [1.807, 2.05) is 13.8 Å². The molecule has 1 aromatic rings. The molecule has 0 aliphatic carbocycles. The predicted octanol–water partition coefficient (Wildman–Crippen LogP) is 1.56. The molecule has 0 fully saturated rings. The van der Waals surface area contributed by atoms with E-state index in [0.717, 1.165) is 18.4 Å². The standard InChI is InChI=1S/C15H22N2O4/c1-3-11(4-2)17-15(18)8-19-12-6-14-13(20-9-21-14)5-10(12)7-16/h5-6,11H,3-4,7-9,16H2,1-2H3,(H,17,18). The summed E-state index contributed by atoms with van der Waals surface area (Å²) in [6, 6.07) is 3.69. The molecule has 0 atom stereocenters. The summed E-state index contributed by atoms with van der Waals surface area (Å²) in [6.45, 7) is 4.54. The first-order valence-corrected chi connectivity index (χ1v) is 7.22. The lowest BCUT2D eigenvalue weighted by Gasteiger charge is -2.16. The number of benzene rings is 1. The molecule has 0 spiro atoms. The highest BCUT2D eigenvalue weighted by Crippen LogP contribution is 2.37. The summed E-state index contributed by atoms with van der Waals surface area (Å²) >= 11 is 0. The number of nitrogens with one attached hydrogen (secondary N) is 1. The molecule has 1 aliphatic rings. The molecular weight excluding hydrogens is 272 g/mol. The van der Waals surface area contributed by atoms with Gasteiger partial charge in [0.05, 0.1) is 0 Å². The number of carbonyl (C=O) groups excluding carboxylic acids is 1. The van der Waals surface area contributed by atoms with Crippen molar-refractivity contribution in [1.82, 2.24) is 5.32 Å². The lowest BCUT2D eigenvalue weighted by molar-refractivity contribution is -0.123. The Morgan fingerprint density at radius 3 is 2.62 bits per heavy atom. The van der Waals surface area contributed by atoms with Gasteiger partial charge >= 0.3 is 0 Å². The molecule has 1 heterocycles. The molecule has 1 amide bonds. The summed E-state index contributed by atoms with van der Waals surface area (Å²) < 4.78 is 16.2. The first-order valence-electron chi connectivity index (χ1n) is 7.22. The average Bonchev–Trinajstić information content (AvgIpc) is 2.96. The molecule has 3 N–H and O–H groups in total. The lowest BCUT2D eigenvalue weighted by Crippen LogP contribution is -2.37. The van der Waals surface area contributed by atoms with Gasteiger partial charge in [-0.05, 0) is 18.9 Å². The molecular formula is C15H22N2O4. The Morgan fingerprint density at radius 2 is 2.00 bits per heavy atom. The SMILES string of the molecule is CCC(CC)NC(=O)COc1cc2c(cc1CN)OCO2. The van der Waals surface area contributed by atoms with Crippen LogP contribution in [0.5, 0.6) is 17.2 Å². The quantitative estimate of drug-likeness (QED) is 0.797. The van der Waals surface area contributed by atoms with Gasteiger partial charge in [-0.1, -0.05) is 13.8 Å². The highest BCUT2D eigenvalue weighted by Gasteiger charge is 2.18. The largest absolute Gasteiger partial charge is 0.483 e. The van der Waals surface area contributed by atoms with Gasteiger partial charge < -0.3 is 25.3 Å². The van der Waals surface area contributed by atoms with Crippen molar-refractivity contribution >= 4 is 5.91 Å². The second kappa shape index (κ2) is 7.17. The van der Waals surface area contributed by atoms with Gasteiger partial charge in [-0.25, -0.2) is 0 Å². The molecule has 6 nitrogen and oxygen atoms in total. The Balaban J connectivity index is 1.98. The van der Waals surface area contributed by atoms with Crippen molar-refractivity contribution in [2.75, 3.05) is 13.4 Å². The molecule has 0 bridgehead atoms. The van der Waals surface area contributed by atoms with E-state index < -0.39 is 0 Å². The first-order chi connectivity index (χ1) is 10.2. The maximum atomic E-state index is 11.9. The molecule has 21 heavy (non-hydrogen) atoms. The van der Waals surface area contributed by atoms with Crippen LogP contribution in [0.2, 0.25) is 0 Å². The van der Waals surface area contributed by atoms with E-state index in [-0.39, 0.29) is 25.3 Å². The van der Waals surface area contributed by atoms with Crippen LogP contribution in [0.1, 0.15) is 32.3 Å². The second-order valence-electron chi connectivity index (χ2n) is 4.89. The number of hydrogen-bond acceptors (Lipinski definition) is 5. The minimum Gasteiger partial charge on any atom is -0.483 e. The topological polar surface area (TPSA) is 82.8 Å². The number of rotatable bonds is 7. The van der Waals surface area contributed by atoms with Gasteiger partial charge in [0.15, 0.2) is 18.1 Å². The molecule has 0 saturated carbocycles. The molecule has 0 radical (unpaired) electrons. The van der Waals surface area contributed by atoms with Crippen molar-refractivity contribution in [3.8, 4) is 17.2 Å². The molecule has 6 heteroatoms. The van der Waals surface area contributed by atoms with Gasteiger partial charge in [-0.2, -0.15) is 0 Å². The number of carbonyl (C=O) groups is 1. The van der Waals surface area contributed by atoms with Gasteiger partial charge in [0.1, 0.15) is 5.75 Å². The highest BCUT2D eigenvalue weighted by atomic mass is 16.7. The van der Waals surface area contributed by atoms with Gasteiger partial charge in [0.25, 0.3) is 5.91 Å². The molecule has 116 valence electrons. The Kier molecular flexibility index (Phi) is 5.27. The van der Waals surface area contributed by atoms with Gasteiger partial charge in [0, 0.05) is 24.2 Å². The fraction of sp³-hybridized carbons (Fsp3) is 0.533. The molecule has 2 rings (SSSR count). The second-order valence-corrected chi connectivity index (χ2v) is 4.89. The third kappa shape index (κ3) is 3.78. The minimum atomic E-state index is -0.135. The van der Waals surface area contributed by atoms with Gasteiger partial charge in [-0.15, -0.1) is 0 Å². The lowest BCUT2D eigenvalue weighted by atomic mass is 10.1. The van der Waals surface area contributed by atoms with Crippen LogP contribution in [0.15, 0.2) is 12.1 Å². The third-order valence-corrected chi connectivity index (χ3v) is 3.49. The molecule has 0 saturated heterocycles. The molecule has 0 unspecified atom stereocenters. The Hall–Kier alpha value is -1.95. The zero-order valence-electron chi connectivity index (χ0n) is 12.5. The zero-order valence-corrected chi connectivity index (χ0v) is 12.5. The Bertz CT molecular complexity index is 501. The Labute approximate surface area is 124 Å². The van der Waals surface area contributed by atoms with Crippen LogP contribution >= 0.6 is 0 Å². The number of hydrogen-bond donors (Lipinski definition) is 2. The van der Waals surface area contributed by atoms with Gasteiger partial charge in [-0.3, -0.25) is 4.79 Å². The molecule has 1 aromatic carbocycles. The minimum absolute atomic E-state index is 0.0385. The summed E-state index contributed by atoms with van der Waals surface area (Å²) in [5, 5.41) is 2.93. The van der Waals surface area contributed by atoms with Crippen LogP contribution < -0.4 is 25.3 Å². The first kappa shape index (κ1) is 15.4. The van der Waals surface area contributed by atoms with E-state index in [9.17, 15) is 4.79 Å². The monoisotopic (exact) mass is 294 g/mol. The fourth-order valence-corrected chi connectivity index (χ4v) is 2.16. The van der Waals surface area contributed by atoms with Gasteiger partial charge in [0.2, 0.25) is 6.79 Å². The van der Waals surface area contributed by atoms with Crippen molar-refractivity contribution in [3.63, 3.8) is 0 Å². The summed E-state index contributed by atoms with van der Waals surface area (Å²) in [5.41, 5.74) is 6.48. The van der Waals surface area contributed by atoms with Crippen molar-refractivity contribution in [2.24, 2.45) is 5.73 Å². The van der Waals surface area contributed by atoms with Crippen molar-refractivity contribution < 1.29 is 19.0 Å². The number of ether oxygens (including phenoxy) is 3. The average molecular weight is 294 g/mol. The predicted molar refractivity (Wildman–Crippen MR) is 78.5 cm³/mol. The van der Waals surface area contributed by atoms with E-state index in [1.165, 1.54) is 0 Å². The maximum Gasteiger partial charge on any atom is 0.258 e. The number of nitrogens with two attached hydrogens (primary N) is 1. The van der Waals surface area contributed by atoms with Crippen molar-refractivity contribution in [2.45, 2.75) is 39.3 Å². The summed E-state index contributed by atoms with van der Waals surface area (Å²) in [5.74, 6) is 1.69. The molecule has 1 aliphatic heterocycles. The normalized spacial score (nSPS) is 12.6. The highest BCUT2D eigenvalue weighted by molar-refractivity contribution is 5.77. The smallest absolute Gasteiger partial charge is 0.258 e. The van der Waals surface area contributed by atoms with E-state index >= 15 is 0 Å². The van der Waals surface area contributed by atoms with Crippen LogP contribution in [0.25, 0.3) is 0 Å². The summed E-state index contributed by atoms with van der Waals surface area (Å²) in [6.07, 6.45) is 1.81. The van der Waals surface area contributed by atoms with Crippen LogP contribution in [0.4, 0.5) is 0 Å². The van der Waals surface area contributed by atoms with Crippen LogP contribution in [-0.2, 0) is 11.3 Å². The van der Waals surface area contributed by atoms with E-state index in [4.69, 9.17) is 19.9 Å². The number of amides is 1. The van der Waals surface area contributed by atoms with Crippen molar-refractivity contribution in [3.05, 3.63) is 17.7 Å². The number of fused-ring (bicyclic) bond motifs is 1. The summed E-state index contributed by atoms with van der Waals surface area (Å²) in [7, 11) is 0. The van der Waals surface area contributed by atoms with E-state index in [0.29, 0.717) is 23.8 Å². The Morgan fingerprint density at radius 1 is 1.33 bits per heavy atom. The maximum absolute atomic E-state index is 11.9. The van der Waals surface area contributed by atoms with Crippen LogP contribution in [0.3, 0.4) is 0 Å². The third-order valence-electron chi connectivity index (χ3n) is 3.49. The van der Waals surface area contributed by atoms with Crippen molar-refractivity contribution in [1.29, 1.82) is 0 Å². The zero-order chi connectivity index (χ0) is 15.2. The van der Waals surface area contributed by atoms with E-state index in [2.05, 4.69) is 5.32 Å². The summed E-state index contributed by atoms with van der Waals surface area (Å²) in [4.78, 5) is 11.9. The van der Waals surface area contributed by atoms with Crippen LogP contribution in [0, 0.1) is 0 Å². The van der Waals surface area contributed by atoms with E-state index in [1.54, 1.807) is 12.1 Å². The molecule has 0 aromatic heterocycles.